The van der Waals surface area contributed by atoms with Gasteiger partial charge in [0.1, 0.15) is 17.9 Å². The van der Waals surface area contributed by atoms with Crippen LogP contribution in [-0.4, -0.2) is 46.7 Å². The number of hydrogen-bond donors (Lipinski definition) is 2. The zero-order valence-corrected chi connectivity index (χ0v) is 12.3. The first kappa shape index (κ1) is 14.9. The van der Waals surface area contributed by atoms with Crippen molar-refractivity contribution in [3.05, 3.63) is 42.5 Å². The molecule has 5 nitrogen and oxygen atoms in total. The molecule has 114 valence electrons. The van der Waals surface area contributed by atoms with Crippen LogP contribution in [0.4, 0.5) is 0 Å². The van der Waals surface area contributed by atoms with E-state index in [4.69, 9.17) is 4.74 Å². The van der Waals surface area contributed by atoms with Gasteiger partial charge in [0, 0.05) is 18.4 Å². The number of fused-ring (bicyclic) bond motifs is 1. The predicted octanol–water partition coefficient (Wildman–Crippen LogP) is 1.86. The van der Waals surface area contributed by atoms with Crippen LogP contribution in [0.5, 0.6) is 5.75 Å². The number of carbonyl (C=O) groups is 1. The van der Waals surface area contributed by atoms with Gasteiger partial charge in [0.15, 0.2) is 0 Å². The Balaban J connectivity index is 1.82. The summed E-state index contributed by atoms with van der Waals surface area (Å²) in [6.07, 6.45) is 0.116. The molecular formula is C16H18BNO4. The zero-order chi connectivity index (χ0) is 15.7. The second-order valence-corrected chi connectivity index (χ2v) is 5.64. The molecule has 0 saturated carbocycles. The topological polar surface area (TPSA) is 70.0 Å². The summed E-state index contributed by atoms with van der Waals surface area (Å²) in [5.41, 5.74) is 0. The number of aliphatic carboxylic acids is 1. The second kappa shape index (κ2) is 5.98. The molecule has 0 aromatic heterocycles. The molecule has 2 atom stereocenters. The number of nitrogens with zero attached hydrogens (tertiary/aromatic N) is 1. The van der Waals surface area contributed by atoms with Crippen molar-refractivity contribution >= 4 is 23.8 Å². The summed E-state index contributed by atoms with van der Waals surface area (Å²) in [6, 6.07) is 13.0. The Morgan fingerprint density at radius 1 is 1.27 bits per heavy atom. The highest BCUT2D eigenvalue weighted by atomic mass is 16.5. The maximum absolute atomic E-state index is 11.3. The Hall–Kier alpha value is -2.05. The highest BCUT2D eigenvalue weighted by Crippen LogP contribution is 2.29. The van der Waals surface area contributed by atoms with Gasteiger partial charge in [0.05, 0.1) is 0 Å². The summed E-state index contributed by atoms with van der Waals surface area (Å²) < 4.78 is 6.03. The van der Waals surface area contributed by atoms with Crippen LogP contribution in [0.25, 0.3) is 10.8 Å². The minimum absolute atomic E-state index is 0.249. The van der Waals surface area contributed by atoms with Crippen molar-refractivity contribution in [1.82, 2.24) is 4.81 Å². The summed E-state index contributed by atoms with van der Waals surface area (Å²) in [6.45, 7) is 1.98. The number of rotatable bonds is 4. The predicted molar refractivity (Wildman–Crippen MR) is 84.9 cm³/mol. The summed E-state index contributed by atoms with van der Waals surface area (Å²) in [5, 5.41) is 21.1. The molecule has 0 unspecified atom stereocenters. The van der Waals surface area contributed by atoms with Crippen LogP contribution in [0.2, 0.25) is 6.82 Å². The molecule has 3 rings (SSSR count). The Bertz CT molecular complexity index is 685. The third-order valence-electron chi connectivity index (χ3n) is 4.11. The fraction of sp³-hybridized carbons (Fsp3) is 0.312. The van der Waals surface area contributed by atoms with Crippen LogP contribution in [0.3, 0.4) is 0 Å². The van der Waals surface area contributed by atoms with Crippen molar-refractivity contribution in [1.29, 1.82) is 0 Å². The van der Waals surface area contributed by atoms with E-state index in [1.807, 2.05) is 42.5 Å². The molecule has 1 aliphatic rings. The molecule has 0 radical (unpaired) electrons. The number of hydrogen-bond acceptors (Lipinski definition) is 4. The van der Waals surface area contributed by atoms with Gasteiger partial charge >= 0.3 is 13.0 Å². The summed E-state index contributed by atoms with van der Waals surface area (Å²) in [5.74, 6) is -0.176. The minimum Gasteiger partial charge on any atom is -0.488 e. The monoisotopic (exact) mass is 299 g/mol. The lowest BCUT2D eigenvalue weighted by Crippen LogP contribution is -2.45. The Labute approximate surface area is 129 Å². The fourth-order valence-corrected chi connectivity index (χ4v) is 3.04. The Morgan fingerprint density at radius 2 is 2.00 bits per heavy atom. The summed E-state index contributed by atoms with van der Waals surface area (Å²) >= 11 is 0. The third-order valence-corrected chi connectivity index (χ3v) is 4.11. The lowest BCUT2D eigenvalue weighted by molar-refractivity contribution is -0.141. The van der Waals surface area contributed by atoms with E-state index < -0.39 is 19.1 Å². The number of carboxylic acid groups (broad SMARTS) is 1. The Morgan fingerprint density at radius 3 is 2.68 bits per heavy atom. The largest absolute Gasteiger partial charge is 0.488 e. The van der Waals surface area contributed by atoms with E-state index in [0.717, 1.165) is 16.5 Å². The van der Waals surface area contributed by atoms with Crippen LogP contribution >= 0.6 is 0 Å². The number of carboxylic acids is 1. The molecule has 0 bridgehead atoms. The van der Waals surface area contributed by atoms with E-state index in [2.05, 4.69) is 0 Å². The SMILES string of the molecule is CB(O)N1C[C@H](Oc2cccc3ccccc23)C[C@H]1C(=O)O. The lowest BCUT2D eigenvalue weighted by atomic mass is 9.84. The third kappa shape index (κ3) is 2.80. The number of benzene rings is 2. The quantitative estimate of drug-likeness (QED) is 0.843. The lowest BCUT2D eigenvalue weighted by Gasteiger charge is -2.21. The average Bonchev–Trinajstić information content (AvgIpc) is 2.92. The molecular weight excluding hydrogens is 281 g/mol. The molecule has 1 fully saturated rings. The first-order chi connectivity index (χ1) is 10.6. The van der Waals surface area contributed by atoms with Crippen molar-refractivity contribution in [2.75, 3.05) is 6.54 Å². The van der Waals surface area contributed by atoms with Gasteiger partial charge in [-0.15, -0.1) is 0 Å². The van der Waals surface area contributed by atoms with Gasteiger partial charge in [0.25, 0.3) is 0 Å². The van der Waals surface area contributed by atoms with Gasteiger partial charge in [0.2, 0.25) is 0 Å². The van der Waals surface area contributed by atoms with Gasteiger partial charge in [-0.05, 0) is 18.3 Å². The second-order valence-electron chi connectivity index (χ2n) is 5.64. The minimum atomic E-state index is -0.926. The highest BCUT2D eigenvalue weighted by molar-refractivity contribution is 6.45. The fourth-order valence-electron chi connectivity index (χ4n) is 3.04. The van der Waals surface area contributed by atoms with Crippen molar-refractivity contribution in [3.63, 3.8) is 0 Å². The van der Waals surface area contributed by atoms with Crippen LogP contribution in [0.1, 0.15) is 6.42 Å². The molecule has 6 heteroatoms. The first-order valence-electron chi connectivity index (χ1n) is 7.37. The smallest absolute Gasteiger partial charge is 0.377 e. The van der Waals surface area contributed by atoms with Crippen molar-refractivity contribution < 1.29 is 19.7 Å². The van der Waals surface area contributed by atoms with Gasteiger partial charge in [-0.1, -0.05) is 36.4 Å². The zero-order valence-electron chi connectivity index (χ0n) is 12.3. The number of ether oxygens (including phenoxy) is 1. The van der Waals surface area contributed by atoms with E-state index in [0.29, 0.717) is 13.0 Å². The van der Waals surface area contributed by atoms with Crippen molar-refractivity contribution in [2.45, 2.75) is 25.4 Å². The molecule has 2 N–H and O–H groups in total. The Kier molecular flexibility index (Phi) is 4.05. The summed E-state index contributed by atoms with van der Waals surface area (Å²) in [7, 11) is -0.804. The molecule has 0 aliphatic carbocycles. The maximum atomic E-state index is 11.3. The maximum Gasteiger partial charge on any atom is 0.377 e. The first-order valence-corrected chi connectivity index (χ1v) is 7.37. The van der Waals surface area contributed by atoms with E-state index in [-0.39, 0.29) is 6.10 Å². The molecule has 1 saturated heterocycles. The van der Waals surface area contributed by atoms with Crippen LogP contribution in [0.15, 0.2) is 42.5 Å². The van der Waals surface area contributed by atoms with Gasteiger partial charge in [-0.3, -0.25) is 4.79 Å². The molecule has 0 amide bonds. The molecule has 0 spiro atoms. The average molecular weight is 299 g/mol. The van der Waals surface area contributed by atoms with E-state index in [1.54, 1.807) is 11.6 Å². The standard InChI is InChI=1S/C16H18BNO4/c1-17(21)18-10-12(9-14(18)16(19)20)22-15-8-4-6-11-5-2-3-7-13(11)15/h2-8,12,14,21H,9-10H2,1H3,(H,19,20)/t12-,14+/m1/s1. The van der Waals surface area contributed by atoms with Gasteiger partial charge in [-0.25, -0.2) is 0 Å². The van der Waals surface area contributed by atoms with Crippen molar-refractivity contribution in [3.8, 4) is 5.75 Å². The van der Waals surface area contributed by atoms with Crippen LogP contribution in [0, 0.1) is 0 Å². The van der Waals surface area contributed by atoms with Crippen LogP contribution in [-0.2, 0) is 4.79 Å². The normalized spacial score (nSPS) is 21.9. The molecule has 2 aromatic carbocycles. The summed E-state index contributed by atoms with van der Waals surface area (Å²) in [4.78, 5) is 12.9. The van der Waals surface area contributed by atoms with E-state index >= 15 is 0 Å². The van der Waals surface area contributed by atoms with Crippen molar-refractivity contribution in [2.24, 2.45) is 0 Å². The van der Waals surface area contributed by atoms with E-state index in [9.17, 15) is 14.9 Å². The van der Waals surface area contributed by atoms with Gasteiger partial charge < -0.3 is 19.7 Å². The molecule has 1 heterocycles. The molecule has 1 aliphatic heterocycles. The molecule has 2 aromatic rings. The molecule has 22 heavy (non-hydrogen) atoms. The highest BCUT2D eigenvalue weighted by Gasteiger charge is 2.41. The van der Waals surface area contributed by atoms with Gasteiger partial charge in [-0.2, -0.15) is 0 Å². The van der Waals surface area contributed by atoms with Crippen LogP contribution < -0.4 is 4.74 Å². The van der Waals surface area contributed by atoms with E-state index in [1.165, 1.54) is 0 Å².